The molecule has 2 N–H and O–H groups in total. The van der Waals surface area contributed by atoms with Crippen molar-refractivity contribution in [3.8, 4) is 0 Å². The molecular weight excluding hydrogens is 375 g/mol. The quantitative estimate of drug-likeness (QED) is 0.620. The molecule has 3 rings (SSSR count). The molecule has 2 aliphatic heterocycles. The lowest BCUT2D eigenvalue weighted by molar-refractivity contribution is -0.235. The number of aliphatic imine (C=N–C) groups is 2. The average molecular weight is 401 g/mol. The van der Waals surface area contributed by atoms with Crippen molar-refractivity contribution in [1.29, 1.82) is 0 Å². The highest BCUT2D eigenvalue weighted by molar-refractivity contribution is 7.45. The van der Waals surface area contributed by atoms with Gasteiger partial charge in [-0.25, -0.2) is 4.99 Å². The molecular formula is C16H26N4O6P-. The Labute approximate surface area is 158 Å². The minimum atomic E-state index is -4.45. The van der Waals surface area contributed by atoms with E-state index in [9.17, 15) is 19.4 Å². The van der Waals surface area contributed by atoms with Gasteiger partial charge in [0, 0.05) is 12.0 Å². The summed E-state index contributed by atoms with van der Waals surface area (Å²) in [5.41, 5.74) is -0.882. The van der Waals surface area contributed by atoms with Crippen molar-refractivity contribution in [2.45, 2.75) is 70.5 Å². The Kier molecular flexibility index (Phi) is 5.48. The molecule has 27 heavy (non-hydrogen) atoms. The first-order valence-electron chi connectivity index (χ1n) is 8.95. The molecule has 0 aromatic rings. The van der Waals surface area contributed by atoms with Crippen LogP contribution in [-0.4, -0.2) is 64.6 Å². The first kappa shape index (κ1) is 20.4. The fraction of sp³-hybridized carbons (Fsp3) is 0.812. The maximum absolute atomic E-state index is 12.0. The topological polar surface area (TPSA) is 136 Å². The normalized spacial score (nSPS) is 35.6. The maximum Gasteiger partial charge on any atom is 0.268 e. The Morgan fingerprint density at radius 2 is 2.15 bits per heavy atom. The van der Waals surface area contributed by atoms with Crippen LogP contribution < -0.4 is 10.2 Å². The van der Waals surface area contributed by atoms with Crippen LogP contribution in [0.5, 0.6) is 0 Å². The number of hydrogen-bond donors (Lipinski definition) is 2. The van der Waals surface area contributed by atoms with Gasteiger partial charge in [-0.05, 0) is 40.5 Å². The van der Waals surface area contributed by atoms with Crippen LogP contribution in [0, 0.1) is 5.92 Å². The number of aliphatic hydroxyl groups is 1. The van der Waals surface area contributed by atoms with Crippen molar-refractivity contribution in [1.82, 2.24) is 10.2 Å². The molecule has 0 saturated heterocycles. The van der Waals surface area contributed by atoms with E-state index in [1.165, 1.54) is 0 Å². The lowest BCUT2D eigenvalue weighted by Gasteiger charge is -2.32. The zero-order valence-electron chi connectivity index (χ0n) is 15.9. The van der Waals surface area contributed by atoms with Crippen molar-refractivity contribution in [3.05, 3.63) is 0 Å². The van der Waals surface area contributed by atoms with Crippen molar-refractivity contribution >= 4 is 25.9 Å². The van der Waals surface area contributed by atoms with Crippen LogP contribution in [0.2, 0.25) is 0 Å². The number of amidine groups is 1. The van der Waals surface area contributed by atoms with Gasteiger partial charge in [-0.1, -0.05) is 0 Å². The van der Waals surface area contributed by atoms with Crippen molar-refractivity contribution < 1.29 is 28.4 Å². The molecule has 0 aromatic heterocycles. The number of carbonyl (C=O) groups excluding carboxylic acids is 1. The summed E-state index contributed by atoms with van der Waals surface area (Å²) in [6.07, 6.45) is 1.37. The van der Waals surface area contributed by atoms with Crippen LogP contribution >= 0.6 is 7.82 Å². The Bertz CT molecular complexity index is 706. The highest BCUT2D eigenvalue weighted by Crippen LogP contribution is 2.44. The minimum Gasteiger partial charge on any atom is -0.756 e. The Morgan fingerprint density at radius 1 is 1.44 bits per heavy atom. The van der Waals surface area contributed by atoms with Crippen LogP contribution in [0.15, 0.2) is 9.98 Å². The predicted molar refractivity (Wildman–Crippen MR) is 96.1 cm³/mol. The van der Waals surface area contributed by atoms with E-state index in [-0.39, 0.29) is 24.5 Å². The molecule has 1 aliphatic carbocycles. The van der Waals surface area contributed by atoms with E-state index >= 15 is 0 Å². The van der Waals surface area contributed by atoms with Gasteiger partial charge in [-0.15, -0.1) is 0 Å². The first-order valence-corrected chi connectivity index (χ1v) is 10.4. The molecule has 1 amide bonds. The SMILES string of the molecule is CC1=NC2C(N=CN2C2CC(O)C(COP(=O)([O-])OC(C)(C)C)C2)C(=O)N1. The van der Waals surface area contributed by atoms with Crippen LogP contribution in [0.1, 0.15) is 40.5 Å². The molecule has 0 bridgehead atoms. The van der Waals surface area contributed by atoms with E-state index in [0.29, 0.717) is 18.7 Å². The lowest BCUT2D eigenvalue weighted by Crippen LogP contribution is -2.52. The fourth-order valence-electron chi connectivity index (χ4n) is 3.64. The van der Waals surface area contributed by atoms with Crippen LogP contribution in [0.25, 0.3) is 0 Å². The highest BCUT2D eigenvalue weighted by Gasteiger charge is 2.45. The Morgan fingerprint density at radius 3 is 2.81 bits per heavy atom. The predicted octanol–water partition coefficient (Wildman–Crippen LogP) is 0.0128. The monoisotopic (exact) mass is 401 g/mol. The number of phosphoric ester groups is 1. The smallest absolute Gasteiger partial charge is 0.268 e. The molecule has 11 heteroatoms. The number of carbonyl (C=O) groups is 1. The maximum atomic E-state index is 12.0. The summed E-state index contributed by atoms with van der Waals surface area (Å²) in [7, 11) is -4.45. The van der Waals surface area contributed by atoms with Crippen molar-refractivity contribution in [2.24, 2.45) is 15.9 Å². The first-order chi connectivity index (χ1) is 12.5. The number of phosphoric acid groups is 1. The van der Waals surface area contributed by atoms with Crippen LogP contribution in [0.3, 0.4) is 0 Å². The molecule has 1 fully saturated rings. The zero-order valence-corrected chi connectivity index (χ0v) is 16.8. The van der Waals surface area contributed by atoms with E-state index in [2.05, 4.69) is 15.3 Å². The molecule has 1 saturated carbocycles. The molecule has 0 aromatic carbocycles. The third kappa shape index (κ3) is 4.75. The van der Waals surface area contributed by atoms with Gasteiger partial charge in [-0.3, -0.25) is 14.4 Å². The van der Waals surface area contributed by atoms with E-state index in [4.69, 9.17) is 9.05 Å². The van der Waals surface area contributed by atoms with E-state index in [1.807, 2.05) is 4.90 Å². The molecule has 6 atom stereocenters. The molecule has 6 unspecified atom stereocenters. The number of amides is 1. The molecule has 0 spiro atoms. The summed E-state index contributed by atoms with van der Waals surface area (Å²) < 4.78 is 21.8. The van der Waals surface area contributed by atoms with Crippen molar-refractivity contribution in [2.75, 3.05) is 6.61 Å². The van der Waals surface area contributed by atoms with Crippen molar-refractivity contribution in [3.63, 3.8) is 0 Å². The van der Waals surface area contributed by atoms with Gasteiger partial charge in [0.05, 0.1) is 24.7 Å². The molecule has 3 aliphatic rings. The summed E-state index contributed by atoms with van der Waals surface area (Å²) in [4.78, 5) is 34.5. The average Bonchev–Trinajstić information content (AvgIpc) is 3.06. The highest BCUT2D eigenvalue weighted by atomic mass is 31.2. The summed E-state index contributed by atoms with van der Waals surface area (Å²) in [5.74, 6) is -0.0334. The van der Waals surface area contributed by atoms with Crippen LogP contribution in [-0.2, 0) is 18.4 Å². The Hall–Kier alpha value is -1.32. The van der Waals surface area contributed by atoms with Gasteiger partial charge in [0.15, 0.2) is 12.2 Å². The summed E-state index contributed by atoms with van der Waals surface area (Å²) in [5, 5.41) is 13.0. The molecule has 0 radical (unpaired) electrons. The minimum absolute atomic E-state index is 0.107. The number of aliphatic hydroxyl groups excluding tert-OH is 1. The summed E-state index contributed by atoms with van der Waals surface area (Å²) in [6, 6.07) is -0.701. The van der Waals surface area contributed by atoms with E-state index in [1.54, 1.807) is 34.0 Å². The second kappa shape index (κ2) is 7.25. The number of hydrogen-bond acceptors (Lipinski definition) is 9. The van der Waals surface area contributed by atoms with E-state index in [0.717, 1.165) is 0 Å². The van der Waals surface area contributed by atoms with Gasteiger partial charge >= 0.3 is 0 Å². The van der Waals surface area contributed by atoms with Gasteiger partial charge in [0.2, 0.25) is 0 Å². The van der Waals surface area contributed by atoms with Gasteiger partial charge in [-0.2, -0.15) is 0 Å². The molecule has 2 heterocycles. The largest absolute Gasteiger partial charge is 0.756 e. The lowest BCUT2D eigenvalue weighted by atomic mass is 10.1. The van der Waals surface area contributed by atoms with Gasteiger partial charge < -0.3 is 29.3 Å². The van der Waals surface area contributed by atoms with Gasteiger partial charge in [0.1, 0.15) is 5.84 Å². The molecule has 152 valence electrons. The molecule has 10 nitrogen and oxygen atoms in total. The van der Waals surface area contributed by atoms with Crippen LogP contribution in [0.4, 0.5) is 0 Å². The second-order valence-electron chi connectivity index (χ2n) is 8.17. The number of rotatable bonds is 5. The standard InChI is InChI=1S/C16H27N4O6P/c1-9-18-14-13(15(22)19-9)17-8-20(14)11-5-10(12(21)6-11)7-25-27(23,24)26-16(2,3)4/h8,10-14,21H,5-7H2,1-4H3,(H,23,24)(H,18,19,22)/p-1. The fourth-order valence-corrected chi connectivity index (χ4v) is 4.73. The number of nitrogens with one attached hydrogen (secondary N) is 1. The Balaban J connectivity index is 1.60. The number of fused-ring (bicyclic) bond motifs is 1. The number of nitrogens with zero attached hydrogens (tertiary/aromatic N) is 3. The van der Waals surface area contributed by atoms with E-state index < -0.39 is 31.7 Å². The zero-order chi connectivity index (χ0) is 20.0. The second-order valence-corrected chi connectivity index (χ2v) is 9.51. The summed E-state index contributed by atoms with van der Waals surface area (Å²) in [6.45, 7) is 6.41. The third-order valence-corrected chi connectivity index (χ3v) is 5.97. The third-order valence-electron chi connectivity index (χ3n) is 4.73. The van der Waals surface area contributed by atoms with Gasteiger partial charge in [0.25, 0.3) is 13.7 Å². The summed E-state index contributed by atoms with van der Waals surface area (Å²) >= 11 is 0.